The van der Waals surface area contributed by atoms with Crippen LogP contribution in [0.15, 0.2) is 0 Å². The van der Waals surface area contributed by atoms with Crippen molar-refractivity contribution < 1.29 is 14.7 Å². The van der Waals surface area contributed by atoms with Crippen LogP contribution in [0.4, 0.5) is 0 Å². The lowest BCUT2D eigenvalue weighted by Gasteiger charge is -2.23. The molecule has 3 N–H and O–H groups in total. The summed E-state index contributed by atoms with van der Waals surface area (Å²) in [4.78, 5) is 22.9. The van der Waals surface area contributed by atoms with E-state index in [-0.39, 0.29) is 5.75 Å². The van der Waals surface area contributed by atoms with Gasteiger partial charge in [-0.25, -0.2) is 4.79 Å². The van der Waals surface area contributed by atoms with Gasteiger partial charge in [0.15, 0.2) is 0 Å². The van der Waals surface area contributed by atoms with E-state index in [4.69, 9.17) is 10.8 Å². The molecule has 2 atom stereocenters. The first kappa shape index (κ1) is 12.2. The maximum absolute atomic E-state index is 11.3. The molecule has 0 heterocycles. The molecule has 0 spiro atoms. The molecule has 0 rings (SSSR count). The fourth-order valence-corrected chi connectivity index (χ4v) is 0.852. The van der Waals surface area contributed by atoms with Crippen molar-refractivity contribution in [3.8, 4) is 0 Å². The van der Waals surface area contributed by atoms with Crippen LogP contribution < -0.4 is 5.73 Å². The molecule has 0 aliphatic rings. The Balaban J connectivity index is 4.33. The SMILES string of the molecule is C[C@@H](C(=O)O)N(C)C(=O)[C@@H](N)CS. The van der Waals surface area contributed by atoms with Gasteiger partial charge in [-0.3, -0.25) is 4.79 Å². The topological polar surface area (TPSA) is 83.6 Å². The minimum absolute atomic E-state index is 0.204. The first-order valence-electron chi connectivity index (χ1n) is 3.77. The van der Waals surface area contributed by atoms with Gasteiger partial charge in [-0.1, -0.05) is 0 Å². The number of carboxylic acid groups (broad SMARTS) is 1. The quantitative estimate of drug-likeness (QED) is 0.524. The molecule has 0 aromatic rings. The van der Waals surface area contributed by atoms with Crippen LogP contribution in [0.1, 0.15) is 6.92 Å². The Labute approximate surface area is 82.3 Å². The molecule has 0 radical (unpaired) electrons. The van der Waals surface area contributed by atoms with Gasteiger partial charge in [-0.15, -0.1) is 0 Å². The van der Waals surface area contributed by atoms with E-state index >= 15 is 0 Å². The maximum atomic E-state index is 11.3. The summed E-state index contributed by atoms with van der Waals surface area (Å²) in [6.07, 6.45) is 0. The molecule has 0 saturated heterocycles. The monoisotopic (exact) mass is 206 g/mol. The van der Waals surface area contributed by atoms with E-state index in [1.807, 2.05) is 0 Å². The Morgan fingerprint density at radius 3 is 2.38 bits per heavy atom. The molecule has 0 aromatic heterocycles. The number of carbonyl (C=O) groups excluding carboxylic acids is 1. The molecule has 0 unspecified atom stereocenters. The van der Waals surface area contributed by atoms with Crippen molar-refractivity contribution in [3.63, 3.8) is 0 Å². The van der Waals surface area contributed by atoms with Gasteiger partial charge in [0.25, 0.3) is 0 Å². The van der Waals surface area contributed by atoms with Gasteiger partial charge in [0, 0.05) is 12.8 Å². The van der Waals surface area contributed by atoms with Crippen molar-refractivity contribution in [2.45, 2.75) is 19.0 Å². The number of carbonyl (C=O) groups is 2. The van der Waals surface area contributed by atoms with Crippen molar-refractivity contribution in [2.75, 3.05) is 12.8 Å². The Bertz CT molecular complexity index is 210. The first-order valence-corrected chi connectivity index (χ1v) is 4.41. The summed E-state index contributed by atoms with van der Waals surface area (Å²) >= 11 is 3.85. The summed E-state index contributed by atoms with van der Waals surface area (Å²) in [6.45, 7) is 1.42. The molecule has 0 aliphatic heterocycles. The van der Waals surface area contributed by atoms with Crippen LogP contribution in [0.3, 0.4) is 0 Å². The van der Waals surface area contributed by atoms with Gasteiger partial charge in [-0.05, 0) is 6.92 Å². The van der Waals surface area contributed by atoms with Crippen molar-refractivity contribution in [3.05, 3.63) is 0 Å². The summed E-state index contributed by atoms with van der Waals surface area (Å²) in [5.41, 5.74) is 5.39. The van der Waals surface area contributed by atoms with Crippen LogP contribution in [0.5, 0.6) is 0 Å². The predicted octanol–water partition coefficient (Wildman–Crippen LogP) is -0.825. The minimum Gasteiger partial charge on any atom is -0.480 e. The molecule has 76 valence electrons. The Kier molecular flexibility index (Phi) is 4.79. The number of thiol groups is 1. The van der Waals surface area contributed by atoms with E-state index < -0.39 is 24.0 Å². The first-order chi connectivity index (χ1) is 5.91. The van der Waals surface area contributed by atoms with E-state index in [9.17, 15) is 9.59 Å². The molecule has 1 amide bonds. The Morgan fingerprint density at radius 2 is 2.08 bits per heavy atom. The lowest BCUT2D eigenvalue weighted by atomic mass is 10.2. The van der Waals surface area contributed by atoms with E-state index in [2.05, 4.69) is 12.6 Å². The van der Waals surface area contributed by atoms with E-state index in [0.29, 0.717) is 0 Å². The Hall–Kier alpha value is -0.750. The van der Waals surface area contributed by atoms with Crippen LogP contribution in [0.2, 0.25) is 0 Å². The second-order valence-corrected chi connectivity index (χ2v) is 3.12. The van der Waals surface area contributed by atoms with Gasteiger partial charge in [0.1, 0.15) is 6.04 Å². The molecular weight excluding hydrogens is 192 g/mol. The number of rotatable bonds is 4. The lowest BCUT2D eigenvalue weighted by Crippen LogP contribution is -2.48. The van der Waals surface area contributed by atoms with Gasteiger partial charge in [0.2, 0.25) is 5.91 Å². The number of aliphatic carboxylic acids is 1. The van der Waals surface area contributed by atoms with Crippen molar-refractivity contribution in [1.82, 2.24) is 4.90 Å². The minimum atomic E-state index is -1.05. The lowest BCUT2D eigenvalue weighted by molar-refractivity contribution is -0.148. The third kappa shape index (κ3) is 3.23. The van der Waals surface area contributed by atoms with Crippen LogP contribution in [0, 0.1) is 0 Å². The van der Waals surface area contributed by atoms with Gasteiger partial charge in [-0.2, -0.15) is 12.6 Å². The molecule has 0 fully saturated rings. The fraction of sp³-hybridized carbons (Fsp3) is 0.714. The molecular formula is C7H14N2O3S. The fourth-order valence-electron chi connectivity index (χ4n) is 0.696. The van der Waals surface area contributed by atoms with Crippen molar-refractivity contribution in [2.24, 2.45) is 5.73 Å². The average Bonchev–Trinajstić information content (AvgIpc) is 2.12. The number of likely N-dealkylation sites (N-methyl/N-ethyl adjacent to an activating group) is 1. The van der Waals surface area contributed by atoms with Crippen LogP contribution in [-0.4, -0.2) is 46.8 Å². The number of nitrogens with zero attached hydrogens (tertiary/aromatic N) is 1. The zero-order valence-electron chi connectivity index (χ0n) is 7.60. The van der Waals surface area contributed by atoms with Crippen LogP contribution in [-0.2, 0) is 9.59 Å². The van der Waals surface area contributed by atoms with Gasteiger partial charge < -0.3 is 15.7 Å². The zero-order valence-corrected chi connectivity index (χ0v) is 8.49. The average molecular weight is 206 g/mol. The maximum Gasteiger partial charge on any atom is 0.326 e. The normalized spacial score (nSPS) is 14.8. The number of amides is 1. The summed E-state index contributed by atoms with van der Waals surface area (Å²) in [5.74, 6) is -1.26. The second kappa shape index (κ2) is 5.08. The van der Waals surface area contributed by atoms with Crippen molar-refractivity contribution in [1.29, 1.82) is 0 Å². The highest BCUT2D eigenvalue weighted by molar-refractivity contribution is 7.80. The Morgan fingerprint density at radius 1 is 1.62 bits per heavy atom. The molecule has 0 saturated carbocycles. The summed E-state index contributed by atoms with van der Waals surface area (Å²) < 4.78 is 0. The molecule has 5 nitrogen and oxygen atoms in total. The predicted molar refractivity (Wildman–Crippen MR) is 51.7 cm³/mol. The van der Waals surface area contributed by atoms with Crippen LogP contribution >= 0.6 is 12.6 Å². The van der Waals surface area contributed by atoms with Crippen LogP contribution in [0.25, 0.3) is 0 Å². The van der Waals surface area contributed by atoms with Gasteiger partial charge >= 0.3 is 5.97 Å². The van der Waals surface area contributed by atoms with Gasteiger partial charge in [0.05, 0.1) is 6.04 Å². The highest BCUT2D eigenvalue weighted by Gasteiger charge is 2.24. The zero-order chi connectivity index (χ0) is 10.6. The second-order valence-electron chi connectivity index (χ2n) is 2.75. The van der Waals surface area contributed by atoms with E-state index in [1.165, 1.54) is 14.0 Å². The van der Waals surface area contributed by atoms with E-state index in [0.717, 1.165) is 4.90 Å². The smallest absolute Gasteiger partial charge is 0.326 e. The third-order valence-electron chi connectivity index (χ3n) is 1.80. The number of carboxylic acids is 1. The molecule has 0 aromatic carbocycles. The molecule has 0 bridgehead atoms. The summed E-state index contributed by atoms with van der Waals surface area (Å²) in [6, 6.07) is -1.60. The summed E-state index contributed by atoms with van der Waals surface area (Å²) in [7, 11) is 1.41. The highest BCUT2D eigenvalue weighted by atomic mass is 32.1. The highest BCUT2D eigenvalue weighted by Crippen LogP contribution is 1.99. The number of nitrogens with two attached hydrogens (primary N) is 1. The number of hydrogen-bond donors (Lipinski definition) is 3. The largest absolute Gasteiger partial charge is 0.480 e. The third-order valence-corrected chi connectivity index (χ3v) is 2.19. The number of hydrogen-bond acceptors (Lipinski definition) is 4. The van der Waals surface area contributed by atoms with Crippen molar-refractivity contribution >= 4 is 24.5 Å². The molecule has 0 aliphatic carbocycles. The molecule has 6 heteroatoms. The molecule has 13 heavy (non-hydrogen) atoms. The van der Waals surface area contributed by atoms with E-state index in [1.54, 1.807) is 0 Å². The summed E-state index contributed by atoms with van der Waals surface area (Å²) in [5, 5.41) is 8.60. The standard InChI is InChI=1S/C7H14N2O3S/c1-4(7(11)12)9(2)6(10)5(8)3-13/h4-5,13H,3,8H2,1-2H3,(H,11,12)/t4-,5-/m0/s1.